The molecule has 0 aromatic heterocycles. The zero-order chi connectivity index (χ0) is 13.2. The summed E-state index contributed by atoms with van der Waals surface area (Å²) in [7, 11) is 1.69. The summed E-state index contributed by atoms with van der Waals surface area (Å²) in [5, 5.41) is 3.03. The van der Waals surface area contributed by atoms with E-state index in [2.05, 4.69) is 12.2 Å². The second kappa shape index (κ2) is 9.37. The quantitative estimate of drug-likeness (QED) is 0.677. The van der Waals surface area contributed by atoms with Crippen molar-refractivity contribution in [3.05, 3.63) is 0 Å². The summed E-state index contributed by atoms with van der Waals surface area (Å²) >= 11 is 0. The van der Waals surface area contributed by atoms with Gasteiger partial charge in [0.15, 0.2) is 0 Å². The molecule has 0 radical (unpaired) electrons. The summed E-state index contributed by atoms with van der Waals surface area (Å²) in [5.74, 6) is 1.41. The minimum Gasteiger partial charge on any atom is -0.385 e. The monoisotopic (exact) mass is 255 g/mol. The Morgan fingerprint density at radius 3 is 2.56 bits per heavy atom. The number of nitrogens with one attached hydrogen (secondary N) is 1. The standard InChI is InChI=1S/C15H29NO2/c1-3-4-6-13-7-9-14(10-8-13)15(17)16-11-5-12-18-2/h13-14H,3-12H2,1-2H3,(H,16,17). The number of hydrogen-bond donors (Lipinski definition) is 1. The lowest BCUT2D eigenvalue weighted by Crippen LogP contribution is -2.34. The van der Waals surface area contributed by atoms with Crippen LogP contribution in [-0.4, -0.2) is 26.2 Å². The first-order valence-corrected chi connectivity index (χ1v) is 7.54. The fourth-order valence-electron chi connectivity index (χ4n) is 2.78. The molecule has 106 valence electrons. The van der Waals surface area contributed by atoms with Crippen LogP contribution in [0.1, 0.15) is 58.3 Å². The molecule has 3 nitrogen and oxygen atoms in total. The molecule has 0 aliphatic heterocycles. The van der Waals surface area contributed by atoms with E-state index in [1.807, 2.05) is 0 Å². The van der Waals surface area contributed by atoms with Gasteiger partial charge in [-0.1, -0.05) is 26.2 Å². The Morgan fingerprint density at radius 2 is 1.94 bits per heavy atom. The number of unbranched alkanes of at least 4 members (excludes halogenated alkanes) is 1. The lowest BCUT2D eigenvalue weighted by atomic mass is 9.79. The van der Waals surface area contributed by atoms with E-state index in [4.69, 9.17) is 4.74 Å². The van der Waals surface area contributed by atoms with E-state index in [-0.39, 0.29) is 11.8 Å². The van der Waals surface area contributed by atoms with Gasteiger partial charge < -0.3 is 10.1 Å². The van der Waals surface area contributed by atoms with Gasteiger partial charge in [-0.05, 0) is 38.0 Å². The summed E-state index contributed by atoms with van der Waals surface area (Å²) in [5.41, 5.74) is 0. The highest BCUT2D eigenvalue weighted by molar-refractivity contribution is 5.78. The third kappa shape index (κ3) is 5.85. The van der Waals surface area contributed by atoms with Crippen LogP contribution in [0.5, 0.6) is 0 Å². The SMILES string of the molecule is CCCCC1CCC(C(=O)NCCCOC)CC1. The number of ether oxygens (including phenoxy) is 1. The first kappa shape index (κ1) is 15.5. The minimum absolute atomic E-state index is 0.264. The molecule has 0 unspecified atom stereocenters. The molecule has 1 aliphatic carbocycles. The highest BCUT2D eigenvalue weighted by Gasteiger charge is 2.25. The van der Waals surface area contributed by atoms with Crippen molar-refractivity contribution in [1.82, 2.24) is 5.32 Å². The van der Waals surface area contributed by atoms with Crippen LogP contribution in [0.25, 0.3) is 0 Å². The van der Waals surface area contributed by atoms with Crippen LogP contribution >= 0.6 is 0 Å². The molecule has 1 rings (SSSR count). The van der Waals surface area contributed by atoms with Crippen LogP contribution in [0.4, 0.5) is 0 Å². The first-order valence-electron chi connectivity index (χ1n) is 7.54. The molecule has 0 atom stereocenters. The van der Waals surface area contributed by atoms with Crippen LogP contribution in [0.2, 0.25) is 0 Å². The third-order valence-electron chi connectivity index (χ3n) is 4.01. The molecule has 0 heterocycles. The maximum Gasteiger partial charge on any atom is 0.223 e. The Balaban J connectivity index is 2.11. The smallest absolute Gasteiger partial charge is 0.223 e. The molecule has 1 fully saturated rings. The van der Waals surface area contributed by atoms with Crippen molar-refractivity contribution in [1.29, 1.82) is 0 Å². The largest absolute Gasteiger partial charge is 0.385 e. The number of amides is 1. The van der Waals surface area contributed by atoms with Crippen molar-refractivity contribution in [2.75, 3.05) is 20.3 Å². The Morgan fingerprint density at radius 1 is 1.22 bits per heavy atom. The lowest BCUT2D eigenvalue weighted by molar-refractivity contribution is -0.126. The van der Waals surface area contributed by atoms with E-state index in [1.54, 1.807) is 7.11 Å². The van der Waals surface area contributed by atoms with E-state index in [0.717, 1.165) is 38.3 Å². The fraction of sp³-hybridized carbons (Fsp3) is 0.933. The van der Waals surface area contributed by atoms with Crippen molar-refractivity contribution in [3.8, 4) is 0 Å². The molecule has 0 spiro atoms. The number of carbonyl (C=O) groups excluding carboxylic acids is 1. The summed E-state index contributed by atoms with van der Waals surface area (Å²) in [6, 6.07) is 0. The lowest BCUT2D eigenvalue weighted by Gasteiger charge is -2.27. The van der Waals surface area contributed by atoms with Gasteiger partial charge >= 0.3 is 0 Å². The molecule has 0 saturated heterocycles. The topological polar surface area (TPSA) is 38.3 Å². The van der Waals surface area contributed by atoms with Gasteiger partial charge in [0.2, 0.25) is 5.91 Å². The van der Waals surface area contributed by atoms with Crippen molar-refractivity contribution in [3.63, 3.8) is 0 Å². The van der Waals surface area contributed by atoms with E-state index < -0.39 is 0 Å². The molecule has 0 aromatic carbocycles. The van der Waals surface area contributed by atoms with Crippen molar-refractivity contribution >= 4 is 5.91 Å². The van der Waals surface area contributed by atoms with Gasteiger partial charge in [-0.3, -0.25) is 4.79 Å². The molecule has 0 aromatic rings. The molecule has 18 heavy (non-hydrogen) atoms. The zero-order valence-electron chi connectivity index (χ0n) is 12.0. The number of hydrogen-bond acceptors (Lipinski definition) is 2. The second-order valence-corrected chi connectivity index (χ2v) is 5.50. The van der Waals surface area contributed by atoms with Gasteiger partial charge in [0, 0.05) is 26.2 Å². The molecule has 1 saturated carbocycles. The Kier molecular flexibility index (Phi) is 8.06. The average molecular weight is 255 g/mol. The van der Waals surface area contributed by atoms with Crippen LogP contribution in [0, 0.1) is 11.8 Å². The summed E-state index contributed by atoms with van der Waals surface area (Å²) in [6.07, 6.45) is 9.58. The Bertz CT molecular complexity index is 223. The van der Waals surface area contributed by atoms with Gasteiger partial charge in [0.25, 0.3) is 0 Å². The number of carbonyl (C=O) groups is 1. The van der Waals surface area contributed by atoms with Crippen LogP contribution in [-0.2, 0) is 9.53 Å². The first-order chi connectivity index (χ1) is 8.77. The predicted octanol–water partition coefficient (Wildman–Crippen LogP) is 3.14. The van der Waals surface area contributed by atoms with Crippen molar-refractivity contribution in [2.24, 2.45) is 11.8 Å². The van der Waals surface area contributed by atoms with Crippen LogP contribution in [0.15, 0.2) is 0 Å². The average Bonchev–Trinajstić information content (AvgIpc) is 2.41. The van der Waals surface area contributed by atoms with Crippen LogP contribution in [0.3, 0.4) is 0 Å². The van der Waals surface area contributed by atoms with Gasteiger partial charge in [0.1, 0.15) is 0 Å². The van der Waals surface area contributed by atoms with E-state index >= 15 is 0 Å². The fourth-order valence-corrected chi connectivity index (χ4v) is 2.78. The van der Waals surface area contributed by atoms with Gasteiger partial charge in [-0.25, -0.2) is 0 Å². The molecule has 0 bridgehead atoms. The summed E-state index contributed by atoms with van der Waals surface area (Å²) < 4.78 is 4.97. The second-order valence-electron chi connectivity index (χ2n) is 5.50. The van der Waals surface area contributed by atoms with Gasteiger partial charge in [-0.15, -0.1) is 0 Å². The number of methoxy groups -OCH3 is 1. The Labute approximate surface area is 112 Å². The summed E-state index contributed by atoms with van der Waals surface area (Å²) in [6.45, 7) is 3.73. The van der Waals surface area contributed by atoms with Crippen molar-refractivity contribution in [2.45, 2.75) is 58.3 Å². The third-order valence-corrected chi connectivity index (χ3v) is 4.01. The van der Waals surface area contributed by atoms with Crippen molar-refractivity contribution < 1.29 is 9.53 Å². The molecule has 3 heteroatoms. The Hall–Kier alpha value is -0.570. The number of rotatable bonds is 8. The zero-order valence-corrected chi connectivity index (χ0v) is 12.0. The molecule has 1 aliphatic rings. The highest BCUT2D eigenvalue weighted by atomic mass is 16.5. The van der Waals surface area contributed by atoms with E-state index in [1.165, 1.54) is 32.1 Å². The normalized spacial score (nSPS) is 23.9. The van der Waals surface area contributed by atoms with E-state index in [9.17, 15) is 4.79 Å². The van der Waals surface area contributed by atoms with Gasteiger partial charge in [0.05, 0.1) is 0 Å². The maximum absolute atomic E-state index is 11.9. The molecular formula is C15H29NO2. The minimum atomic E-state index is 0.264. The maximum atomic E-state index is 11.9. The van der Waals surface area contributed by atoms with Gasteiger partial charge in [-0.2, -0.15) is 0 Å². The summed E-state index contributed by atoms with van der Waals surface area (Å²) in [4.78, 5) is 11.9. The molecular weight excluding hydrogens is 226 g/mol. The molecule has 1 N–H and O–H groups in total. The molecule has 1 amide bonds. The van der Waals surface area contributed by atoms with E-state index in [0.29, 0.717) is 0 Å². The predicted molar refractivity (Wildman–Crippen MR) is 74.5 cm³/mol. The van der Waals surface area contributed by atoms with Crippen LogP contribution < -0.4 is 5.32 Å². The highest BCUT2D eigenvalue weighted by Crippen LogP contribution is 2.31.